The zero-order valence-corrected chi connectivity index (χ0v) is 10.6. The van der Waals surface area contributed by atoms with Crippen molar-refractivity contribution in [2.75, 3.05) is 12.3 Å². The number of amides is 1. The SMILES string of the molecule is CCCN(C(=O)c1cc(N)cn1CC)C1CC1. The number of nitrogens with two attached hydrogens (primary N) is 1. The summed E-state index contributed by atoms with van der Waals surface area (Å²) in [4.78, 5) is 14.5. The van der Waals surface area contributed by atoms with Gasteiger partial charge in [0.2, 0.25) is 0 Å². The summed E-state index contributed by atoms with van der Waals surface area (Å²) in [7, 11) is 0. The Morgan fingerprint density at radius 2 is 2.24 bits per heavy atom. The van der Waals surface area contributed by atoms with Crippen molar-refractivity contribution >= 4 is 11.6 Å². The van der Waals surface area contributed by atoms with E-state index in [2.05, 4.69) is 6.92 Å². The van der Waals surface area contributed by atoms with E-state index in [4.69, 9.17) is 5.73 Å². The lowest BCUT2D eigenvalue weighted by Crippen LogP contribution is -2.35. The van der Waals surface area contributed by atoms with Gasteiger partial charge in [-0.2, -0.15) is 0 Å². The van der Waals surface area contributed by atoms with Gasteiger partial charge in [0.25, 0.3) is 5.91 Å². The van der Waals surface area contributed by atoms with Crippen molar-refractivity contribution in [3.05, 3.63) is 18.0 Å². The maximum atomic E-state index is 12.5. The second kappa shape index (κ2) is 4.82. The Hall–Kier alpha value is -1.45. The van der Waals surface area contributed by atoms with Crippen molar-refractivity contribution in [3.8, 4) is 0 Å². The third-order valence-corrected chi connectivity index (χ3v) is 3.19. The summed E-state index contributed by atoms with van der Waals surface area (Å²) in [5.74, 6) is 0.132. The minimum Gasteiger partial charge on any atom is -0.397 e. The Bertz CT molecular complexity index is 407. The molecular weight excluding hydrogens is 214 g/mol. The number of hydrogen-bond acceptors (Lipinski definition) is 2. The molecule has 0 atom stereocenters. The molecule has 4 nitrogen and oxygen atoms in total. The monoisotopic (exact) mass is 235 g/mol. The molecule has 2 N–H and O–H groups in total. The van der Waals surface area contributed by atoms with Gasteiger partial charge in [0.15, 0.2) is 0 Å². The molecule has 1 heterocycles. The van der Waals surface area contributed by atoms with Crippen LogP contribution in [0.25, 0.3) is 0 Å². The highest BCUT2D eigenvalue weighted by atomic mass is 16.2. The van der Waals surface area contributed by atoms with Crippen LogP contribution in [0.4, 0.5) is 5.69 Å². The van der Waals surface area contributed by atoms with Crippen LogP contribution in [0.5, 0.6) is 0 Å². The van der Waals surface area contributed by atoms with E-state index in [-0.39, 0.29) is 5.91 Å². The van der Waals surface area contributed by atoms with Crippen molar-refractivity contribution in [1.82, 2.24) is 9.47 Å². The fourth-order valence-electron chi connectivity index (χ4n) is 2.20. The van der Waals surface area contributed by atoms with E-state index in [0.29, 0.717) is 11.7 Å². The normalized spacial score (nSPS) is 14.9. The van der Waals surface area contributed by atoms with Gasteiger partial charge in [0.05, 0.1) is 5.69 Å². The summed E-state index contributed by atoms with van der Waals surface area (Å²) >= 11 is 0. The lowest BCUT2D eigenvalue weighted by Gasteiger charge is -2.22. The van der Waals surface area contributed by atoms with Crippen LogP contribution < -0.4 is 5.73 Å². The van der Waals surface area contributed by atoms with E-state index in [1.54, 1.807) is 6.07 Å². The third-order valence-electron chi connectivity index (χ3n) is 3.19. The van der Waals surface area contributed by atoms with Gasteiger partial charge in [-0.15, -0.1) is 0 Å². The summed E-state index contributed by atoms with van der Waals surface area (Å²) in [5.41, 5.74) is 7.16. The third kappa shape index (κ3) is 2.46. The second-order valence-electron chi connectivity index (χ2n) is 4.67. The van der Waals surface area contributed by atoms with E-state index in [1.165, 1.54) is 0 Å². The topological polar surface area (TPSA) is 51.3 Å². The molecule has 1 aliphatic carbocycles. The van der Waals surface area contributed by atoms with Gasteiger partial charge in [-0.05, 0) is 32.3 Å². The van der Waals surface area contributed by atoms with Gasteiger partial charge in [0, 0.05) is 25.3 Å². The summed E-state index contributed by atoms with van der Waals surface area (Å²) in [6.07, 6.45) is 5.14. The van der Waals surface area contributed by atoms with Crippen molar-refractivity contribution in [2.45, 2.75) is 45.7 Å². The average molecular weight is 235 g/mol. The predicted molar refractivity (Wildman–Crippen MR) is 68.9 cm³/mol. The molecule has 1 aliphatic rings. The van der Waals surface area contributed by atoms with Crippen molar-refractivity contribution in [2.24, 2.45) is 0 Å². The number of aromatic nitrogens is 1. The van der Waals surface area contributed by atoms with Crippen LogP contribution in [0.1, 0.15) is 43.6 Å². The molecule has 0 unspecified atom stereocenters. The van der Waals surface area contributed by atoms with Crippen LogP contribution in [0.2, 0.25) is 0 Å². The Balaban J connectivity index is 2.21. The van der Waals surface area contributed by atoms with Crippen LogP contribution in [0.15, 0.2) is 12.3 Å². The van der Waals surface area contributed by atoms with Gasteiger partial charge in [0.1, 0.15) is 5.69 Å². The summed E-state index contributed by atoms with van der Waals surface area (Å²) in [6.45, 7) is 5.76. The molecule has 1 amide bonds. The molecule has 0 bridgehead atoms. The van der Waals surface area contributed by atoms with Gasteiger partial charge in [-0.3, -0.25) is 4.79 Å². The Morgan fingerprint density at radius 1 is 1.53 bits per heavy atom. The maximum absolute atomic E-state index is 12.5. The van der Waals surface area contributed by atoms with E-state index < -0.39 is 0 Å². The summed E-state index contributed by atoms with van der Waals surface area (Å²) < 4.78 is 1.93. The molecule has 0 saturated heterocycles. The number of aryl methyl sites for hydroxylation is 1. The van der Waals surface area contributed by atoms with Crippen molar-refractivity contribution in [3.63, 3.8) is 0 Å². The lowest BCUT2D eigenvalue weighted by atomic mass is 10.3. The molecule has 0 radical (unpaired) electrons. The molecule has 94 valence electrons. The van der Waals surface area contributed by atoms with E-state index in [1.807, 2.05) is 22.6 Å². The average Bonchev–Trinajstić information content (AvgIpc) is 3.08. The Morgan fingerprint density at radius 3 is 2.76 bits per heavy atom. The Labute approximate surface area is 102 Å². The Kier molecular flexibility index (Phi) is 3.41. The first-order chi connectivity index (χ1) is 8.17. The van der Waals surface area contributed by atoms with E-state index in [0.717, 1.165) is 38.0 Å². The number of carbonyl (C=O) groups excluding carboxylic acids is 1. The number of rotatable bonds is 5. The van der Waals surface area contributed by atoms with Crippen molar-refractivity contribution < 1.29 is 4.79 Å². The van der Waals surface area contributed by atoms with Gasteiger partial charge < -0.3 is 15.2 Å². The number of nitrogen functional groups attached to an aromatic ring is 1. The second-order valence-corrected chi connectivity index (χ2v) is 4.67. The molecule has 0 aliphatic heterocycles. The fraction of sp³-hybridized carbons (Fsp3) is 0.615. The first kappa shape index (κ1) is 12.0. The number of nitrogens with zero attached hydrogens (tertiary/aromatic N) is 2. The quantitative estimate of drug-likeness (QED) is 0.849. The molecular formula is C13H21N3O. The molecule has 0 spiro atoms. The minimum atomic E-state index is 0.132. The zero-order valence-electron chi connectivity index (χ0n) is 10.6. The van der Waals surface area contributed by atoms with Crippen LogP contribution in [-0.2, 0) is 6.54 Å². The largest absolute Gasteiger partial charge is 0.397 e. The summed E-state index contributed by atoms with van der Waals surface area (Å²) in [5, 5.41) is 0. The first-order valence-corrected chi connectivity index (χ1v) is 6.44. The van der Waals surface area contributed by atoms with Crippen LogP contribution >= 0.6 is 0 Å². The first-order valence-electron chi connectivity index (χ1n) is 6.44. The highest BCUT2D eigenvalue weighted by Gasteiger charge is 2.33. The lowest BCUT2D eigenvalue weighted by molar-refractivity contribution is 0.0732. The maximum Gasteiger partial charge on any atom is 0.270 e. The fourth-order valence-corrected chi connectivity index (χ4v) is 2.20. The molecule has 4 heteroatoms. The number of anilines is 1. The van der Waals surface area contributed by atoms with Crippen molar-refractivity contribution in [1.29, 1.82) is 0 Å². The van der Waals surface area contributed by atoms with E-state index in [9.17, 15) is 4.79 Å². The number of carbonyl (C=O) groups is 1. The smallest absolute Gasteiger partial charge is 0.270 e. The molecule has 1 aromatic heterocycles. The number of hydrogen-bond donors (Lipinski definition) is 1. The van der Waals surface area contributed by atoms with Crippen LogP contribution in [0.3, 0.4) is 0 Å². The molecule has 1 fully saturated rings. The zero-order chi connectivity index (χ0) is 12.4. The summed E-state index contributed by atoms with van der Waals surface area (Å²) in [6, 6.07) is 2.25. The van der Waals surface area contributed by atoms with Gasteiger partial charge >= 0.3 is 0 Å². The standard InChI is InChI=1S/C13H21N3O/c1-3-7-16(11-5-6-11)13(17)12-8-10(14)9-15(12)4-2/h8-9,11H,3-7,14H2,1-2H3. The molecule has 17 heavy (non-hydrogen) atoms. The van der Waals surface area contributed by atoms with Crippen LogP contribution in [-0.4, -0.2) is 28.0 Å². The molecule has 2 rings (SSSR count). The van der Waals surface area contributed by atoms with Crippen LogP contribution in [0, 0.1) is 0 Å². The molecule has 1 aromatic rings. The minimum absolute atomic E-state index is 0.132. The molecule has 0 aromatic carbocycles. The molecule has 1 saturated carbocycles. The highest BCUT2D eigenvalue weighted by Crippen LogP contribution is 2.29. The highest BCUT2D eigenvalue weighted by molar-refractivity contribution is 5.94. The predicted octanol–water partition coefficient (Wildman–Crippen LogP) is 2.10. The van der Waals surface area contributed by atoms with Gasteiger partial charge in [-0.1, -0.05) is 6.92 Å². The van der Waals surface area contributed by atoms with E-state index >= 15 is 0 Å². The van der Waals surface area contributed by atoms with Gasteiger partial charge in [-0.25, -0.2) is 0 Å².